The second-order valence-electron chi connectivity index (χ2n) is 13.3. The van der Waals surface area contributed by atoms with Gasteiger partial charge in [-0.1, -0.05) is 66.7 Å². The van der Waals surface area contributed by atoms with Gasteiger partial charge in [0.1, 0.15) is 12.0 Å². The van der Waals surface area contributed by atoms with Gasteiger partial charge < -0.3 is 15.2 Å². The van der Waals surface area contributed by atoms with Crippen molar-refractivity contribution >= 4 is 28.5 Å². The zero-order valence-electron chi connectivity index (χ0n) is 28.9. The van der Waals surface area contributed by atoms with Crippen LogP contribution in [0.5, 0.6) is 0 Å². The molecule has 0 radical (unpaired) electrons. The smallest absolute Gasteiger partial charge is 0.346 e. The van der Waals surface area contributed by atoms with Gasteiger partial charge >= 0.3 is 18.5 Å². The van der Waals surface area contributed by atoms with Crippen molar-refractivity contribution in [1.82, 2.24) is 14.9 Å². The molecule has 0 saturated carbocycles. The maximum Gasteiger partial charge on any atom is 0.416 e. The minimum Gasteiger partial charge on any atom is -0.346 e. The second kappa shape index (κ2) is 14.2. The summed E-state index contributed by atoms with van der Waals surface area (Å²) in [6.07, 6.45) is -12.7. The van der Waals surface area contributed by atoms with E-state index in [-0.39, 0.29) is 29.3 Å². The van der Waals surface area contributed by atoms with Crippen molar-refractivity contribution in [3.63, 3.8) is 0 Å². The Morgan fingerprint density at radius 3 is 1.84 bits per heavy atom. The van der Waals surface area contributed by atoms with Gasteiger partial charge in [0, 0.05) is 17.8 Å². The molecule has 0 aliphatic heterocycles. The molecule has 1 heterocycles. The third kappa shape index (κ3) is 7.32. The standard InChI is InChI=1S/C41H29F9N4O2/c42-39(43,44)22-51-37(56)38(32-12-5-3-9-29(32)30-10-4-6-13-33(30)38)16-7-17-54-23-52-34-21-27(14-15-35(34)54)53-36(55)31-11-2-1-8-28(31)24-18-25(40(45,46)47)20-26(19-24)41(48,49)50/h1-6,8-15,18-21,23H,7,16-17,22H2,(H,51,56)(H,53,55). The quantitative estimate of drug-likeness (QED) is 0.144. The summed E-state index contributed by atoms with van der Waals surface area (Å²) < 4.78 is 123. The maximum atomic E-state index is 13.8. The van der Waals surface area contributed by atoms with E-state index in [0.29, 0.717) is 47.3 Å². The zero-order chi connectivity index (χ0) is 40.0. The highest BCUT2D eigenvalue weighted by atomic mass is 19.4. The van der Waals surface area contributed by atoms with Crippen LogP contribution < -0.4 is 10.6 Å². The third-order valence-corrected chi connectivity index (χ3v) is 9.80. The fourth-order valence-electron chi connectivity index (χ4n) is 7.36. The fourth-order valence-corrected chi connectivity index (χ4v) is 7.36. The summed E-state index contributed by atoms with van der Waals surface area (Å²) in [5.41, 5.74) is -1.19. The van der Waals surface area contributed by atoms with E-state index in [0.717, 1.165) is 11.1 Å². The lowest BCUT2D eigenvalue weighted by Gasteiger charge is -2.31. The minimum atomic E-state index is -5.08. The third-order valence-electron chi connectivity index (χ3n) is 9.80. The number of aryl methyl sites for hydroxylation is 1. The first-order valence-electron chi connectivity index (χ1n) is 17.2. The number of anilines is 1. The Labute approximate surface area is 313 Å². The molecule has 0 spiro atoms. The highest BCUT2D eigenvalue weighted by Crippen LogP contribution is 2.51. The molecular formula is C41H29F9N4O2. The van der Waals surface area contributed by atoms with Crippen molar-refractivity contribution in [2.24, 2.45) is 0 Å². The number of rotatable bonds is 9. The number of carbonyl (C=O) groups excluding carboxylic acids is 2. The van der Waals surface area contributed by atoms with Crippen LogP contribution in [0.4, 0.5) is 45.2 Å². The van der Waals surface area contributed by atoms with Gasteiger partial charge in [0.15, 0.2) is 0 Å². The average Bonchev–Trinajstić information content (AvgIpc) is 3.69. The molecular weight excluding hydrogens is 751 g/mol. The van der Waals surface area contributed by atoms with Crippen LogP contribution in [0.3, 0.4) is 0 Å². The van der Waals surface area contributed by atoms with Crippen LogP contribution in [0.2, 0.25) is 0 Å². The van der Waals surface area contributed by atoms with E-state index in [1.165, 1.54) is 36.7 Å². The van der Waals surface area contributed by atoms with E-state index in [1.54, 1.807) is 53.1 Å². The Bertz CT molecular complexity index is 2390. The summed E-state index contributed by atoms with van der Waals surface area (Å²) in [6, 6.07) is 25.5. The maximum absolute atomic E-state index is 13.8. The van der Waals surface area contributed by atoms with Crippen LogP contribution in [0, 0.1) is 0 Å². The summed E-state index contributed by atoms with van der Waals surface area (Å²) in [5, 5.41) is 4.76. The Balaban J connectivity index is 1.12. The number of halogens is 9. The van der Waals surface area contributed by atoms with Crippen LogP contribution in [0.1, 0.15) is 45.5 Å². The topological polar surface area (TPSA) is 76.0 Å². The first-order chi connectivity index (χ1) is 26.5. The van der Waals surface area contributed by atoms with Gasteiger partial charge in [-0.25, -0.2) is 4.98 Å². The number of carbonyl (C=O) groups is 2. The van der Waals surface area contributed by atoms with Gasteiger partial charge in [-0.3, -0.25) is 9.59 Å². The molecule has 0 fully saturated rings. The van der Waals surface area contributed by atoms with Crippen LogP contribution in [-0.2, 0) is 29.1 Å². The molecule has 288 valence electrons. The van der Waals surface area contributed by atoms with E-state index >= 15 is 0 Å². The van der Waals surface area contributed by atoms with Crippen LogP contribution in [0.25, 0.3) is 33.3 Å². The molecule has 6 nitrogen and oxygen atoms in total. The van der Waals surface area contributed by atoms with E-state index < -0.39 is 59.0 Å². The molecule has 5 aromatic carbocycles. The fraction of sp³-hybridized carbons (Fsp3) is 0.195. The van der Waals surface area contributed by atoms with Crippen molar-refractivity contribution in [3.05, 3.63) is 143 Å². The van der Waals surface area contributed by atoms with Crippen molar-refractivity contribution in [2.45, 2.75) is 43.3 Å². The number of imidazole rings is 1. The van der Waals surface area contributed by atoms with Crippen molar-refractivity contribution in [2.75, 3.05) is 11.9 Å². The molecule has 1 aliphatic rings. The Kier molecular flexibility index (Phi) is 9.67. The van der Waals surface area contributed by atoms with Gasteiger partial charge in [-0.2, -0.15) is 39.5 Å². The normalized spacial score (nSPS) is 13.7. The van der Waals surface area contributed by atoms with Crippen LogP contribution in [0.15, 0.2) is 116 Å². The number of fused-ring (bicyclic) bond motifs is 4. The molecule has 56 heavy (non-hydrogen) atoms. The SMILES string of the molecule is O=C(Nc1ccc2c(c1)ncn2CCCC1(C(=O)NCC(F)(F)F)c2ccccc2-c2ccccc21)c1ccccc1-c1cc(C(F)(F)F)cc(C(F)(F)F)c1. The van der Waals surface area contributed by atoms with Crippen molar-refractivity contribution < 1.29 is 49.1 Å². The highest BCUT2D eigenvalue weighted by Gasteiger charge is 2.49. The predicted octanol–water partition coefficient (Wildman–Crippen LogP) is 10.4. The number of amides is 2. The van der Waals surface area contributed by atoms with Crippen LogP contribution >= 0.6 is 0 Å². The number of nitrogens with one attached hydrogen (secondary N) is 2. The summed E-state index contributed by atoms with van der Waals surface area (Å²) >= 11 is 0. The Hall–Kier alpha value is -6.12. The molecule has 1 aliphatic carbocycles. The molecule has 2 amide bonds. The number of benzene rings is 5. The molecule has 15 heteroatoms. The summed E-state index contributed by atoms with van der Waals surface area (Å²) in [6.45, 7) is -1.18. The van der Waals surface area contributed by atoms with Gasteiger partial charge in [0.2, 0.25) is 5.91 Å². The first kappa shape index (κ1) is 38.2. The lowest BCUT2D eigenvalue weighted by molar-refractivity contribution is -0.143. The molecule has 0 unspecified atom stereocenters. The monoisotopic (exact) mass is 780 g/mol. The lowest BCUT2D eigenvalue weighted by atomic mass is 9.73. The number of alkyl halides is 9. The van der Waals surface area contributed by atoms with Gasteiger partial charge in [-0.05, 0) is 88.7 Å². The molecule has 2 N–H and O–H groups in total. The summed E-state index contributed by atoms with van der Waals surface area (Å²) in [7, 11) is 0. The second-order valence-corrected chi connectivity index (χ2v) is 13.3. The van der Waals surface area contributed by atoms with E-state index in [1.807, 2.05) is 12.1 Å². The minimum absolute atomic E-state index is 0.0146. The molecule has 7 rings (SSSR count). The van der Waals surface area contributed by atoms with E-state index in [2.05, 4.69) is 15.6 Å². The Morgan fingerprint density at radius 2 is 1.25 bits per heavy atom. The van der Waals surface area contributed by atoms with Crippen LogP contribution in [-0.4, -0.2) is 34.1 Å². The highest BCUT2D eigenvalue weighted by molar-refractivity contribution is 6.09. The van der Waals surface area contributed by atoms with Crippen molar-refractivity contribution in [3.8, 4) is 22.3 Å². The lowest BCUT2D eigenvalue weighted by Crippen LogP contribution is -2.47. The predicted molar refractivity (Wildman–Crippen MR) is 191 cm³/mol. The number of nitrogens with zero attached hydrogens (tertiary/aromatic N) is 2. The van der Waals surface area contributed by atoms with Gasteiger partial charge in [0.05, 0.1) is 28.5 Å². The Morgan fingerprint density at radius 1 is 0.679 bits per heavy atom. The van der Waals surface area contributed by atoms with Gasteiger partial charge in [-0.15, -0.1) is 0 Å². The first-order valence-corrected chi connectivity index (χ1v) is 17.2. The largest absolute Gasteiger partial charge is 0.416 e. The molecule has 6 aromatic rings. The van der Waals surface area contributed by atoms with E-state index in [4.69, 9.17) is 0 Å². The number of hydrogen-bond acceptors (Lipinski definition) is 3. The molecule has 0 bridgehead atoms. The summed E-state index contributed by atoms with van der Waals surface area (Å²) in [5.74, 6) is -1.56. The van der Waals surface area contributed by atoms with E-state index in [9.17, 15) is 49.1 Å². The molecule has 1 aromatic heterocycles. The zero-order valence-corrected chi connectivity index (χ0v) is 28.9. The van der Waals surface area contributed by atoms with Crippen molar-refractivity contribution in [1.29, 1.82) is 0 Å². The number of aromatic nitrogens is 2. The van der Waals surface area contributed by atoms with Gasteiger partial charge in [0.25, 0.3) is 5.91 Å². The number of hydrogen-bond donors (Lipinski definition) is 2. The summed E-state index contributed by atoms with van der Waals surface area (Å²) in [4.78, 5) is 31.7. The molecule has 0 atom stereocenters. The molecule has 0 saturated heterocycles. The average molecular weight is 781 g/mol.